The van der Waals surface area contributed by atoms with E-state index in [1.54, 1.807) is 0 Å². The molecule has 116 valence electrons. The quantitative estimate of drug-likeness (QED) is 0.847. The fourth-order valence-electron chi connectivity index (χ4n) is 2.17. The van der Waals surface area contributed by atoms with Gasteiger partial charge in [0.1, 0.15) is 11.6 Å². The second-order valence-corrected chi connectivity index (χ2v) is 5.92. The Morgan fingerprint density at radius 3 is 2.68 bits per heavy atom. The molecule has 0 radical (unpaired) electrons. The molecule has 0 aliphatic heterocycles. The summed E-state index contributed by atoms with van der Waals surface area (Å²) in [4.78, 5) is 8.97. The highest BCUT2D eigenvalue weighted by Gasteiger charge is 2.22. The summed E-state index contributed by atoms with van der Waals surface area (Å²) in [7, 11) is 0. The van der Waals surface area contributed by atoms with Gasteiger partial charge in [-0.25, -0.2) is 4.98 Å². The van der Waals surface area contributed by atoms with Crippen LogP contribution in [0.25, 0.3) is 0 Å². The van der Waals surface area contributed by atoms with Crippen LogP contribution in [0.5, 0.6) is 5.75 Å². The molecule has 0 atom stereocenters. The van der Waals surface area contributed by atoms with E-state index in [4.69, 9.17) is 4.74 Å². The maximum Gasteiger partial charge on any atom is 0.225 e. The van der Waals surface area contributed by atoms with E-state index >= 15 is 0 Å². The average molecular weight is 298 g/mol. The zero-order valence-corrected chi connectivity index (χ0v) is 13.3. The van der Waals surface area contributed by atoms with Crippen molar-refractivity contribution in [3.63, 3.8) is 0 Å². The minimum Gasteiger partial charge on any atom is -0.489 e. The van der Waals surface area contributed by atoms with Crippen LogP contribution in [-0.2, 0) is 0 Å². The van der Waals surface area contributed by atoms with Crippen molar-refractivity contribution in [2.45, 2.75) is 45.8 Å². The summed E-state index contributed by atoms with van der Waals surface area (Å²) < 4.78 is 5.83. The van der Waals surface area contributed by atoms with Crippen LogP contribution in [-0.4, -0.2) is 22.1 Å². The van der Waals surface area contributed by atoms with Crippen molar-refractivity contribution in [1.29, 1.82) is 0 Å². The van der Waals surface area contributed by atoms with Crippen LogP contribution in [0.15, 0.2) is 30.3 Å². The lowest BCUT2D eigenvalue weighted by Crippen LogP contribution is -2.09. The van der Waals surface area contributed by atoms with Gasteiger partial charge in [-0.2, -0.15) is 4.98 Å². The SMILES string of the molecule is Cc1cc(Nc2ccccc2OC(C)C)nc(NC2CC2)n1. The Kier molecular flexibility index (Phi) is 4.13. The number of hydrogen-bond donors (Lipinski definition) is 2. The Morgan fingerprint density at radius 2 is 1.95 bits per heavy atom. The molecule has 5 heteroatoms. The molecule has 0 spiro atoms. The molecule has 1 aliphatic rings. The zero-order chi connectivity index (χ0) is 15.5. The molecule has 1 fully saturated rings. The monoisotopic (exact) mass is 298 g/mol. The summed E-state index contributed by atoms with van der Waals surface area (Å²) >= 11 is 0. The third-order valence-corrected chi connectivity index (χ3v) is 3.28. The predicted octanol–water partition coefficient (Wildman–Crippen LogP) is 3.89. The summed E-state index contributed by atoms with van der Waals surface area (Å²) in [5, 5.41) is 6.67. The molecule has 0 amide bonds. The summed E-state index contributed by atoms with van der Waals surface area (Å²) in [6.45, 7) is 6.01. The van der Waals surface area contributed by atoms with Gasteiger partial charge >= 0.3 is 0 Å². The Hall–Kier alpha value is -2.30. The van der Waals surface area contributed by atoms with E-state index < -0.39 is 0 Å². The normalized spacial score (nSPS) is 14.0. The summed E-state index contributed by atoms with van der Waals surface area (Å²) in [6, 6.07) is 10.4. The lowest BCUT2D eigenvalue weighted by Gasteiger charge is -2.15. The fraction of sp³-hybridized carbons (Fsp3) is 0.412. The highest BCUT2D eigenvalue weighted by molar-refractivity contribution is 5.64. The smallest absolute Gasteiger partial charge is 0.225 e. The molecule has 1 heterocycles. The van der Waals surface area contributed by atoms with Gasteiger partial charge in [-0.15, -0.1) is 0 Å². The lowest BCUT2D eigenvalue weighted by molar-refractivity contribution is 0.244. The number of nitrogens with one attached hydrogen (secondary N) is 2. The lowest BCUT2D eigenvalue weighted by atomic mass is 10.3. The number of rotatable bonds is 6. The van der Waals surface area contributed by atoms with Gasteiger partial charge in [0, 0.05) is 17.8 Å². The maximum atomic E-state index is 5.83. The summed E-state index contributed by atoms with van der Waals surface area (Å²) in [6.07, 6.45) is 2.53. The number of para-hydroxylation sites is 2. The second-order valence-electron chi connectivity index (χ2n) is 5.92. The van der Waals surface area contributed by atoms with Gasteiger partial charge in [0.25, 0.3) is 0 Å². The van der Waals surface area contributed by atoms with Gasteiger partial charge in [0.15, 0.2) is 0 Å². The van der Waals surface area contributed by atoms with Crippen LogP contribution < -0.4 is 15.4 Å². The molecule has 3 rings (SSSR count). The number of aryl methyl sites for hydroxylation is 1. The first-order valence-corrected chi connectivity index (χ1v) is 7.75. The molecule has 22 heavy (non-hydrogen) atoms. The van der Waals surface area contributed by atoms with Gasteiger partial charge in [-0.1, -0.05) is 12.1 Å². The van der Waals surface area contributed by atoms with Crippen LogP contribution >= 0.6 is 0 Å². The molecule has 0 bridgehead atoms. The number of anilines is 3. The average Bonchev–Trinajstić information content (AvgIpc) is 3.24. The van der Waals surface area contributed by atoms with E-state index in [0.29, 0.717) is 12.0 Å². The molecule has 1 aliphatic carbocycles. The molecular formula is C17H22N4O. The first kappa shape index (κ1) is 14.6. The van der Waals surface area contributed by atoms with Crippen molar-refractivity contribution in [1.82, 2.24) is 9.97 Å². The van der Waals surface area contributed by atoms with Crippen molar-refractivity contribution < 1.29 is 4.74 Å². The minimum atomic E-state index is 0.127. The van der Waals surface area contributed by atoms with Crippen LogP contribution in [0, 0.1) is 6.92 Å². The molecule has 0 unspecified atom stereocenters. The van der Waals surface area contributed by atoms with Crippen molar-refractivity contribution >= 4 is 17.5 Å². The molecule has 1 saturated carbocycles. The highest BCUT2D eigenvalue weighted by Crippen LogP contribution is 2.29. The molecule has 2 N–H and O–H groups in total. The van der Waals surface area contributed by atoms with Gasteiger partial charge < -0.3 is 15.4 Å². The number of benzene rings is 1. The maximum absolute atomic E-state index is 5.83. The predicted molar refractivity (Wildman–Crippen MR) is 88.9 cm³/mol. The largest absolute Gasteiger partial charge is 0.489 e. The third-order valence-electron chi connectivity index (χ3n) is 3.28. The van der Waals surface area contributed by atoms with E-state index in [-0.39, 0.29) is 6.10 Å². The summed E-state index contributed by atoms with van der Waals surface area (Å²) in [5.74, 6) is 2.29. The van der Waals surface area contributed by atoms with Gasteiger partial charge in [-0.3, -0.25) is 0 Å². The van der Waals surface area contributed by atoms with E-state index in [1.807, 2.05) is 51.1 Å². The molecule has 5 nitrogen and oxygen atoms in total. The second kappa shape index (κ2) is 6.22. The van der Waals surface area contributed by atoms with Crippen LogP contribution in [0.1, 0.15) is 32.4 Å². The number of ether oxygens (including phenoxy) is 1. The molecule has 2 aromatic rings. The fourth-order valence-corrected chi connectivity index (χ4v) is 2.17. The van der Waals surface area contributed by atoms with Crippen LogP contribution in [0.3, 0.4) is 0 Å². The van der Waals surface area contributed by atoms with E-state index in [2.05, 4.69) is 20.6 Å². The van der Waals surface area contributed by atoms with Gasteiger partial charge in [0.05, 0.1) is 11.8 Å². The Bertz CT molecular complexity index is 653. The van der Waals surface area contributed by atoms with Crippen molar-refractivity contribution in [3.05, 3.63) is 36.0 Å². The van der Waals surface area contributed by atoms with Crippen LogP contribution in [0.4, 0.5) is 17.5 Å². The molecular weight excluding hydrogens is 276 g/mol. The van der Waals surface area contributed by atoms with Gasteiger partial charge in [-0.05, 0) is 45.7 Å². The van der Waals surface area contributed by atoms with E-state index in [0.717, 1.165) is 22.9 Å². The van der Waals surface area contributed by atoms with E-state index in [9.17, 15) is 0 Å². The van der Waals surface area contributed by atoms with Crippen LogP contribution in [0.2, 0.25) is 0 Å². The first-order valence-electron chi connectivity index (χ1n) is 7.75. The van der Waals surface area contributed by atoms with Crippen molar-refractivity contribution in [3.8, 4) is 5.75 Å². The minimum absolute atomic E-state index is 0.127. The summed E-state index contributed by atoms with van der Waals surface area (Å²) in [5.41, 5.74) is 1.84. The molecule has 1 aromatic carbocycles. The van der Waals surface area contributed by atoms with Crippen molar-refractivity contribution in [2.75, 3.05) is 10.6 Å². The highest BCUT2D eigenvalue weighted by atomic mass is 16.5. The Morgan fingerprint density at radius 1 is 1.18 bits per heavy atom. The topological polar surface area (TPSA) is 59.1 Å². The third kappa shape index (κ3) is 3.87. The standard InChI is InChI=1S/C17H22N4O/c1-11(2)22-15-7-5-4-6-14(15)20-16-10-12(3)18-17(21-16)19-13-8-9-13/h4-7,10-11,13H,8-9H2,1-3H3,(H2,18,19,20,21). The van der Waals surface area contributed by atoms with Crippen molar-refractivity contribution in [2.24, 2.45) is 0 Å². The Balaban J connectivity index is 1.81. The first-order chi connectivity index (χ1) is 10.6. The zero-order valence-electron chi connectivity index (χ0n) is 13.3. The molecule has 0 saturated heterocycles. The molecule has 1 aromatic heterocycles. The number of hydrogen-bond acceptors (Lipinski definition) is 5. The number of nitrogens with zero attached hydrogens (tertiary/aromatic N) is 2. The number of aromatic nitrogens is 2. The van der Waals surface area contributed by atoms with Gasteiger partial charge in [0.2, 0.25) is 5.95 Å². The van der Waals surface area contributed by atoms with E-state index in [1.165, 1.54) is 12.8 Å². The Labute approximate surface area is 131 Å².